The molecule has 0 aliphatic rings. The van der Waals surface area contributed by atoms with E-state index in [-0.39, 0.29) is 0 Å². The molecule has 0 saturated carbocycles. The highest BCUT2D eigenvalue weighted by Crippen LogP contribution is 2.38. The summed E-state index contributed by atoms with van der Waals surface area (Å²) in [6.45, 7) is 0. The Bertz CT molecular complexity index is 2480. The second-order valence-electron chi connectivity index (χ2n) is 10.7. The summed E-state index contributed by atoms with van der Waals surface area (Å²) >= 11 is 0. The van der Waals surface area contributed by atoms with Crippen molar-refractivity contribution in [1.82, 2.24) is 14.5 Å². The third-order valence-corrected chi connectivity index (χ3v) is 8.27. The molecule has 0 spiro atoms. The number of hydrogen-bond donors (Lipinski definition) is 0. The van der Waals surface area contributed by atoms with Crippen LogP contribution in [0.2, 0.25) is 0 Å². The Morgan fingerprint density at radius 1 is 0.500 bits per heavy atom. The van der Waals surface area contributed by atoms with E-state index in [1.54, 1.807) is 6.26 Å². The molecule has 0 saturated heterocycles. The molecule has 9 aromatic rings. The van der Waals surface area contributed by atoms with Gasteiger partial charge in [0.15, 0.2) is 5.58 Å². The molecule has 0 bridgehead atoms. The Morgan fingerprint density at radius 2 is 1.24 bits per heavy atom. The second-order valence-corrected chi connectivity index (χ2v) is 10.7. The van der Waals surface area contributed by atoms with Gasteiger partial charge in [0.05, 0.1) is 17.3 Å². The molecule has 3 heterocycles. The summed E-state index contributed by atoms with van der Waals surface area (Å²) in [6.07, 6.45) is 1.69. The van der Waals surface area contributed by atoms with Gasteiger partial charge in [0.1, 0.15) is 11.2 Å². The van der Waals surface area contributed by atoms with Crippen LogP contribution < -0.4 is 0 Å². The van der Waals surface area contributed by atoms with Gasteiger partial charge < -0.3 is 4.42 Å². The monoisotopic (exact) mass is 537 g/mol. The highest BCUT2D eigenvalue weighted by atomic mass is 16.3. The largest absolute Gasteiger partial charge is 0.460 e. The fourth-order valence-electron chi connectivity index (χ4n) is 6.32. The first-order valence-electron chi connectivity index (χ1n) is 14.1. The Morgan fingerprint density at radius 3 is 2.17 bits per heavy atom. The smallest absolute Gasteiger partial charge is 0.236 e. The Hall–Kier alpha value is -5.74. The first-order valence-corrected chi connectivity index (χ1v) is 14.1. The number of nitrogens with zero attached hydrogens (tertiary/aromatic N) is 3. The summed E-state index contributed by atoms with van der Waals surface area (Å²) in [7, 11) is 0. The van der Waals surface area contributed by atoms with Crippen LogP contribution in [0.15, 0.2) is 144 Å². The molecule has 4 heteroatoms. The predicted octanol–water partition coefficient (Wildman–Crippen LogP) is 9.96. The fraction of sp³-hybridized carbons (Fsp3) is 0. The van der Waals surface area contributed by atoms with Crippen LogP contribution in [0.4, 0.5) is 0 Å². The van der Waals surface area contributed by atoms with Crippen molar-refractivity contribution >= 4 is 54.5 Å². The van der Waals surface area contributed by atoms with E-state index in [0.29, 0.717) is 11.5 Å². The van der Waals surface area contributed by atoms with Crippen molar-refractivity contribution in [3.05, 3.63) is 140 Å². The highest BCUT2D eigenvalue weighted by molar-refractivity contribution is 6.21. The third kappa shape index (κ3) is 3.42. The molecule has 0 aliphatic carbocycles. The Labute approximate surface area is 241 Å². The molecule has 0 unspecified atom stereocenters. The first kappa shape index (κ1) is 23.0. The topological polar surface area (TPSA) is 43.9 Å². The van der Waals surface area contributed by atoms with Gasteiger partial charge in [0.2, 0.25) is 5.95 Å². The van der Waals surface area contributed by atoms with Crippen LogP contribution in [-0.4, -0.2) is 14.5 Å². The van der Waals surface area contributed by atoms with Crippen LogP contribution >= 0.6 is 0 Å². The van der Waals surface area contributed by atoms with Crippen LogP contribution in [-0.2, 0) is 0 Å². The van der Waals surface area contributed by atoms with E-state index in [1.165, 1.54) is 32.3 Å². The van der Waals surface area contributed by atoms with Crippen LogP contribution in [0, 0.1) is 0 Å². The lowest BCUT2D eigenvalue weighted by molar-refractivity contribution is 0.614. The van der Waals surface area contributed by atoms with Gasteiger partial charge >= 0.3 is 0 Å². The summed E-state index contributed by atoms with van der Waals surface area (Å²) in [5.41, 5.74) is 7.65. The van der Waals surface area contributed by atoms with Crippen molar-refractivity contribution in [2.75, 3.05) is 0 Å². The zero-order valence-electron chi connectivity index (χ0n) is 22.5. The average molecular weight is 538 g/mol. The van der Waals surface area contributed by atoms with Crippen LogP contribution in [0.25, 0.3) is 82.8 Å². The molecule has 0 atom stereocenters. The summed E-state index contributed by atoms with van der Waals surface area (Å²) in [5.74, 6) is 0.622. The van der Waals surface area contributed by atoms with Crippen LogP contribution in [0.3, 0.4) is 0 Å². The van der Waals surface area contributed by atoms with Gasteiger partial charge in [-0.25, -0.2) is 9.97 Å². The van der Waals surface area contributed by atoms with Gasteiger partial charge in [0.25, 0.3) is 0 Å². The van der Waals surface area contributed by atoms with Crippen molar-refractivity contribution in [3.8, 4) is 28.3 Å². The molecular weight excluding hydrogens is 514 g/mol. The third-order valence-electron chi connectivity index (χ3n) is 8.27. The number of hydrogen-bond acceptors (Lipinski definition) is 3. The normalized spacial score (nSPS) is 11.8. The van der Waals surface area contributed by atoms with E-state index in [0.717, 1.165) is 38.9 Å². The minimum atomic E-state index is 0.622. The molecule has 4 nitrogen and oxygen atoms in total. The molecule has 42 heavy (non-hydrogen) atoms. The Balaban J connectivity index is 1.28. The van der Waals surface area contributed by atoms with Crippen molar-refractivity contribution < 1.29 is 4.42 Å². The SMILES string of the molecule is c1cc(-c2ccc3ccccc3c2)cc(-c2nc(-n3c4ccccc4c4c5ccccc5ccc43)nc3ccoc23)c1. The van der Waals surface area contributed by atoms with E-state index in [1.807, 2.05) is 6.07 Å². The van der Waals surface area contributed by atoms with Gasteiger partial charge in [-0.3, -0.25) is 4.57 Å². The molecule has 3 aromatic heterocycles. The molecule has 9 rings (SSSR count). The Kier molecular flexibility index (Phi) is 4.87. The summed E-state index contributed by atoms with van der Waals surface area (Å²) in [6, 6.07) is 46.9. The van der Waals surface area contributed by atoms with Gasteiger partial charge in [-0.1, -0.05) is 103 Å². The minimum Gasteiger partial charge on any atom is -0.460 e. The predicted molar refractivity (Wildman–Crippen MR) is 172 cm³/mol. The first-order chi connectivity index (χ1) is 20.8. The quantitative estimate of drug-likeness (QED) is 0.225. The van der Waals surface area contributed by atoms with Crippen molar-refractivity contribution in [2.45, 2.75) is 0 Å². The molecule has 0 fully saturated rings. The maximum Gasteiger partial charge on any atom is 0.236 e. The van der Waals surface area contributed by atoms with Crippen molar-refractivity contribution in [1.29, 1.82) is 0 Å². The summed E-state index contributed by atoms with van der Waals surface area (Å²) in [4.78, 5) is 10.2. The van der Waals surface area contributed by atoms with Gasteiger partial charge in [0, 0.05) is 22.4 Å². The molecule has 0 aliphatic heterocycles. The number of benzene rings is 6. The fourth-order valence-corrected chi connectivity index (χ4v) is 6.32. The van der Waals surface area contributed by atoms with Crippen molar-refractivity contribution in [3.63, 3.8) is 0 Å². The second kappa shape index (κ2) is 8.88. The maximum atomic E-state index is 5.98. The van der Waals surface area contributed by atoms with E-state index in [2.05, 4.69) is 132 Å². The van der Waals surface area contributed by atoms with Crippen molar-refractivity contribution in [2.24, 2.45) is 0 Å². The van der Waals surface area contributed by atoms with Gasteiger partial charge in [-0.05, 0) is 56.9 Å². The molecule has 6 aromatic carbocycles. The molecule has 0 amide bonds. The van der Waals surface area contributed by atoms with Crippen LogP contribution in [0.5, 0.6) is 0 Å². The number of aromatic nitrogens is 3. The van der Waals surface area contributed by atoms with Gasteiger partial charge in [-0.2, -0.15) is 0 Å². The standard InChI is InChI=1S/C38H23N3O/c1-2-10-26-22-28(17-16-24(26)8-1)27-11-7-12-29(23-27)36-37-32(20-21-42-37)39-38(40-36)41-33-15-6-5-14-31(33)35-30-13-4-3-9-25(30)18-19-34(35)41/h1-23H. The lowest BCUT2D eigenvalue weighted by Gasteiger charge is -2.11. The lowest BCUT2D eigenvalue weighted by Crippen LogP contribution is -2.02. The number of para-hydroxylation sites is 1. The highest BCUT2D eigenvalue weighted by Gasteiger charge is 2.19. The lowest BCUT2D eigenvalue weighted by atomic mass is 9.99. The average Bonchev–Trinajstić information content (AvgIpc) is 3.67. The molecular formula is C38H23N3O. The minimum absolute atomic E-state index is 0.622. The van der Waals surface area contributed by atoms with E-state index >= 15 is 0 Å². The van der Waals surface area contributed by atoms with E-state index in [9.17, 15) is 0 Å². The number of rotatable bonds is 3. The van der Waals surface area contributed by atoms with Crippen LogP contribution in [0.1, 0.15) is 0 Å². The molecule has 0 radical (unpaired) electrons. The maximum absolute atomic E-state index is 5.98. The van der Waals surface area contributed by atoms with E-state index < -0.39 is 0 Å². The zero-order chi connectivity index (χ0) is 27.6. The zero-order valence-corrected chi connectivity index (χ0v) is 22.5. The van der Waals surface area contributed by atoms with Gasteiger partial charge in [-0.15, -0.1) is 0 Å². The summed E-state index contributed by atoms with van der Waals surface area (Å²) in [5, 5.41) is 7.27. The number of fused-ring (bicyclic) bond motifs is 7. The number of furan rings is 1. The molecule has 0 N–H and O–H groups in total. The molecule has 196 valence electrons. The summed E-state index contributed by atoms with van der Waals surface area (Å²) < 4.78 is 8.16. The van der Waals surface area contributed by atoms with E-state index in [4.69, 9.17) is 14.4 Å².